The van der Waals surface area contributed by atoms with Crippen LogP contribution in [0.1, 0.15) is 35.3 Å². The van der Waals surface area contributed by atoms with Gasteiger partial charge < -0.3 is 37.4 Å². The molecule has 1 amide bonds. The average molecular weight is 708 g/mol. The average Bonchev–Trinajstić information content (AvgIpc) is 2.98. The number of aliphatic carboxylic acids is 1. The number of amides is 1. The van der Waals surface area contributed by atoms with Gasteiger partial charge in [-0.15, -0.1) is 0 Å². The second-order valence-electron chi connectivity index (χ2n) is 9.38. The monoisotopic (exact) mass is 707 g/mol. The van der Waals surface area contributed by atoms with Crippen LogP contribution in [-0.2, 0) is 27.5 Å². The number of rotatable bonds is 9. The number of nitrogens with zero attached hydrogens (tertiary/aromatic N) is 2. The number of carbonyl (C=O) groups is 4. The molecule has 21 heteroatoms. The highest BCUT2D eigenvalue weighted by Gasteiger charge is 2.38. The van der Waals surface area contributed by atoms with Crippen molar-refractivity contribution in [3.8, 4) is 11.4 Å². The van der Waals surface area contributed by atoms with E-state index in [9.17, 15) is 45.8 Å². The van der Waals surface area contributed by atoms with Crippen molar-refractivity contribution >= 4 is 41.5 Å². The van der Waals surface area contributed by atoms with Crippen LogP contribution in [0, 0.1) is 5.41 Å². The van der Waals surface area contributed by atoms with Crippen molar-refractivity contribution in [1.29, 1.82) is 5.41 Å². The summed E-state index contributed by atoms with van der Waals surface area (Å²) >= 11 is 0. The van der Waals surface area contributed by atoms with Crippen LogP contribution < -0.4 is 27.7 Å². The first kappa shape index (κ1) is 42.9. The molecule has 0 saturated heterocycles. The number of carboxylic acids is 2. The molecule has 0 saturated carbocycles. The number of hydrogen-bond acceptors (Lipinski definition) is 9. The summed E-state index contributed by atoms with van der Waals surface area (Å²) in [7, 11) is 0. The molecule has 10 N–H and O–H groups in total. The Hall–Kier alpha value is -6.15. The molecular weight excluding hydrogens is 676 g/mol. The standard InChI is InChI=1S/C24H27N7O4.C2HF3O2.CHF3.CH2O2/c1-13(2)30-19-11-29-22(16-7-17(24(34)35)9-18(25)8-16)31(23(19)33)12-20(32)28-10-14-3-5-15(6-4-14)21(26)27;3-2(4,5)1(6)7;2-1(3)4;2-1-3/h3-9,11,13,30H,10,12,25H2,1-2H3,(H3,26,27)(H,28,32)(H,34,35);(H,6,7);1H;1H,(H,2,3). The lowest BCUT2D eigenvalue weighted by Crippen LogP contribution is -2.35. The third kappa shape index (κ3) is 16.3. The van der Waals surface area contributed by atoms with E-state index in [1.807, 2.05) is 13.8 Å². The molecule has 15 nitrogen and oxygen atoms in total. The number of aromatic carboxylic acids is 1. The van der Waals surface area contributed by atoms with Crippen molar-refractivity contribution < 1.29 is 60.8 Å². The fourth-order valence-corrected chi connectivity index (χ4v) is 3.39. The van der Waals surface area contributed by atoms with Crippen LogP contribution in [0.2, 0.25) is 0 Å². The Labute approximate surface area is 272 Å². The minimum atomic E-state index is -5.08. The van der Waals surface area contributed by atoms with E-state index in [4.69, 9.17) is 36.7 Å². The fraction of sp³-hybridized carbons (Fsp3) is 0.250. The molecule has 0 spiro atoms. The molecular formula is C28H31F6N7O8. The number of aromatic nitrogens is 2. The van der Waals surface area contributed by atoms with Gasteiger partial charge in [-0.05, 0) is 37.6 Å². The van der Waals surface area contributed by atoms with Crippen LogP contribution in [0.3, 0.4) is 0 Å². The van der Waals surface area contributed by atoms with Gasteiger partial charge in [0, 0.05) is 29.4 Å². The SMILES string of the molecule is CC(C)Nc1cnc(-c2cc(N)cc(C(=O)O)c2)n(CC(=O)NCc2ccc(C(=N)N)cc2)c1=O.FC(F)F.O=C(O)C(F)(F)F.O=CO. The Balaban J connectivity index is 0.00000139. The Morgan fingerprint density at radius 1 is 1.04 bits per heavy atom. The van der Waals surface area contributed by atoms with Gasteiger partial charge in [0.15, 0.2) is 0 Å². The van der Waals surface area contributed by atoms with Gasteiger partial charge >= 0.3 is 24.8 Å². The number of nitrogen functional groups attached to an aromatic ring is 2. The molecule has 0 aliphatic heterocycles. The van der Waals surface area contributed by atoms with Crippen molar-refractivity contribution in [2.24, 2.45) is 5.73 Å². The number of carboxylic acid groups (broad SMARTS) is 3. The molecule has 0 unspecified atom stereocenters. The molecule has 1 heterocycles. The van der Waals surface area contributed by atoms with E-state index in [1.54, 1.807) is 24.3 Å². The summed E-state index contributed by atoms with van der Waals surface area (Å²) in [5, 5.41) is 36.6. The van der Waals surface area contributed by atoms with E-state index < -0.39 is 36.3 Å². The molecule has 3 aromatic rings. The quantitative estimate of drug-likeness (QED) is 0.0524. The highest BCUT2D eigenvalue weighted by molar-refractivity contribution is 5.95. The zero-order chi connectivity index (χ0) is 38.1. The van der Waals surface area contributed by atoms with Gasteiger partial charge in [0.05, 0.1) is 11.8 Å². The molecule has 0 atom stereocenters. The molecule has 0 bridgehead atoms. The molecule has 0 aliphatic rings. The summed E-state index contributed by atoms with van der Waals surface area (Å²) in [5.41, 5.74) is 12.8. The second kappa shape index (κ2) is 20.2. The summed E-state index contributed by atoms with van der Waals surface area (Å²) in [6, 6.07) is 10.9. The number of benzene rings is 2. The maximum absolute atomic E-state index is 13.2. The lowest BCUT2D eigenvalue weighted by atomic mass is 10.1. The topological polar surface area (TPSA) is 264 Å². The van der Waals surface area contributed by atoms with Gasteiger partial charge in [0.25, 0.3) is 12.0 Å². The highest BCUT2D eigenvalue weighted by Crippen LogP contribution is 2.22. The molecule has 1 aromatic heterocycles. The van der Waals surface area contributed by atoms with Crippen LogP contribution in [-0.4, -0.2) is 73.9 Å². The van der Waals surface area contributed by atoms with E-state index in [0.29, 0.717) is 11.1 Å². The Morgan fingerprint density at radius 3 is 1.98 bits per heavy atom. The number of amidine groups is 1. The van der Waals surface area contributed by atoms with Gasteiger partial charge in [-0.25, -0.2) is 14.6 Å². The predicted octanol–water partition coefficient (Wildman–Crippen LogP) is 3.12. The molecule has 0 aliphatic carbocycles. The van der Waals surface area contributed by atoms with E-state index in [1.165, 1.54) is 29.0 Å². The van der Waals surface area contributed by atoms with Crippen LogP contribution in [0.15, 0.2) is 53.5 Å². The molecule has 0 fully saturated rings. The summed E-state index contributed by atoms with van der Waals surface area (Å²) in [6.45, 7) is -0.352. The highest BCUT2D eigenvalue weighted by atomic mass is 19.4. The first-order valence-corrected chi connectivity index (χ1v) is 13.1. The maximum Gasteiger partial charge on any atom is 0.490 e. The molecule has 2 aromatic carbocycles. The van der Waals surface area contributed by atoms with E-state index >= 15 is 0 Å². The lowest BCUT2D eigenvalue weighted by molar-refractivity contribution is -0.192. The minimum Gasteiger partial charge on any atom is -0.483 e. The number of anilines is 2. The van der Waals surface area contributed by atoms with E-state index in [0.717, 1.165) is 5.56 Å². The largest absolute Gasteiger partial charge is 0.490 e. The molecule has 0 radical (unpaired) electrons. The van der Waals surface area contributed by atoms with E-state index in [2.05, 4.69) is 15.6 Å². The smallest absolute Gasteiger partial charge is 0.483 e. The second-order valence-corrected chi connectivity index (χ2v) is 9.38. The first-order valence-electron chi connectivity index (χ1n) is 13.1. The Bertz CT molecular complexity index is 1650. The van der Waals surface area contributed by atoms with Gasteiger partial charge in [-0.1, -0.05) is 24.3 Å². The maximum atomic E-state index is 13.2. The van der Waals surface area contributed by atoms with E-state index in [-0.39, 0.29) is 54.2 Å². The lowest BCUT2D eigenvalue weighted by Gasteiger charge is -2.16. The summed E-state index contributed by atoms with van der Waals surface area (Å²) in [4.78, 5) is 59.1. The zero-order valence-electron chi connectivity index (χ0n) is 25.5. The number of nitrogens with two attached hydrogens (primary N) is 2. The van der Waals surface area contributed by atoms with Crippen LogP contribution in [0.5, 0.6) is 0 Å². The van der Waals surface area contributed by atoms with Crippen molar-refractivity contribution in [2.75, 3.05) is 11.1 Å². The summed E-state index contributed by atoms with van der Waals surface area (Å²) < 4.78 is 61.9. The van der Waals surface area contributed by atoms with Crippen molar-refractivity contribution in [3.05, 3.63) is 75.7 Å². The Kier molecular flexibility index (Phi) is 17.6. The van der Waals surface area contributed by atoms with Gasteiger partial charge in [-0.2, -0.15) is 26.3 Å². The fourth-order valence-electron chi connectivity index (χ4n) is 3.39. The molecule has 268 valence electrons. The normalized spacial score (nSPS) is 10.2. The minimum absolute atomic E-state index is 0.0533. The summed E-state index contributed by atoms with van der Waals surface area (Å²) in [6.07, 6.45) is -3.73. The van der Waals surface area contributed by atoms with Crippen LogP contribution in [0.4, 0.5) is 37.7 Å². The number of alkyl halides is 6. The van der Waals surface area contributed by atoms with Gasteiger partial charge in [0.1, 0.15) is 23.9 Å². The Morgan fingerprint density at radius 2 is 1.55 bits per heavy atom. The first-order chi connectivity index (χ1) is 22.6. The van der Waals surface area contributed by atoms with Crippen LogP contribution in [0.25, 0.3) is 11.4 Å². The van der Waals surface area contributed by atoms with Gasteiger partial charge in [-0.3, -0.25) is 24.4 Å². The molecule has 49 heavy (non-hydrogen) atoms. The number of hydrogen-bond donors (Lipinski definition) is 8. The third-order valence-corrected chi connectivity index (χ3v) is 5.25. The third-order valence-electron chi connectivity index (χ3n) is 5.25. The van der Waals surface area contributed by atoms with Crippen molar-refractivity contribution in [1.82, 2.24) is 14.9 Å². The summed E-state index contributed by atoms with van der Waals surface area (Å²) in [5.74, 6) is -4.33. The van der Waals surface area contributed by atoms with Crippen molar-refractivity contribution in [2.45, 2.75) is 45.8 Å². The zero-order valence-corrected chi connectivity index (χ0v) is 25.5. The molecule has 3 rings (SSSR count). The number of halogens is 6. The van der Waals surface area contributed by atoms with Crippen LogP contribution >= 0.6 is 0 Å². The number of carbonyl (C=O) groups excluding carboxylic acids is 1. The predicted molar refractivity (Wildman–Crippen MR) is 163 cm³/mol. The van der Waals surface area contributed by atoms with Crippen molar-refractivity contribution in [3.63, 3.8) is 0 Å². The number of nitrogens with one attached hydrogen (secondary N) is 3. The van der Waals surface area contributed by atoms with Gasteiger partial charge in [0.2, 0.25) is 5.91 Å².